The van der Waals surface area contributed by atoms with E-state index in [4.69, 9.17) is 0 Å². The smallest absolute Gasteiger partial charge is 0.235 e. The molecule has 3 rings (SSSR count). The number of H-pyrrole nitrogens is 1. The Morgan fingerprint density at radius 3 is 2.60 bits per heavy atom. The summed E-state index contributed by atoms with van der Waals surface area (Å²) in [6.07, 6.45) is 0.512. The lowest BCUT2D eigenvalue weighted by Gasteiger charge is -2.15. The lowest BCUT2D eigenvalue weighted by Crippen LogP contribution is -2.24. The van der Waals surface area contributed by atoms with Crippen LogP contribution in [0.15, 0.2) is 42.5 Å². The fraction of sp³-hybridized carbons (Fsp3) is 0.263. The van der Waals surface area contributed by atoms with Gasteiger partial charge in [-0.25, -0.2) is 0 Å². The van der Waals surface area contributed by atoms with E-state index in [-0.39, 0.29) is 5.91 Å². The van der Waals surface area contributed by atoms with E-state index in [2.05, 4.69) is 32.0 Å². The third-order valence-corrected chi connectivity index (χ3v) is 4.15. The van der Waals surface area contributed by atoms with Crippen LogP contribution in [0.2, 0.25) is 0 Å². The minimum atomic E-state index is -0.513. The lowest BCUT2D eigenvalue weighted by molar-refractivity contribution is -0.117. The average Bonchev–Trinajstić information content (AvgIpc) is 3.09. The maximum atomic E-state index is 12.9. The van der Waals surface area contributed by atoms with Crippen LogP contribution in [0.25, 0.3) is 0 Å². The number of anilines is 1. The van der Waals surface area contributed by atoms with E-state index >= 15 is 0 Å². The molecule has 0 aliphatic carbocycles. The number of nitrogens with zero attached hydrogens (tertiary/aromatic N) is 3. The van der Waals surface area contributed by atoms with Crippen LogP contribution in [-0.2, 0) is 11.2 Å². The molecule has 2 N–H and O–H groups in total. The van der Waals surface area contributed by atoms with Crippen molar-refractivity contribution >= 4 is 11.6 Å². The highest BCUT2D eigenvalue weighted by atomic mass is 16.1. The molecule has 0 saturated heterocycles. The topological polar surface area (TPSA) is 83.6 Å². The van der Waals surface area contributed by atoms with Crippen molar-refractivity contribution in [2.75, 3.05) is 5.32 Å². The Hall–Kier alpha value is -3.02. The molecule has 1 heterocycles. The maximum absolute atomic E-state index is 12.9. The molecule has 0 spiro atoms. The normalized spacial score (nSPS) is 12.0. The highest BCUT2D eigenvalue weighted by molar-refractivity contribution is 5.96. The fourth-order valence-electron chi connectivity index (χ4n) is 2.87. The SMILES string of the molecule is Cc1cccc(C[C@@H](C(=O)Nc2ccc(C)cc2C)c2nn[nH]n2)c1. The molecule has 25 heavy (non-hydrogen) atoms. The molecule has 2 aromatic carbocycles. The monoisotopic (exact) mass is 335 g/mol. The predicted octanol–water partition coefficient (Wildman–Crippen LogP) is 3.09. The first-order valence-electron chi connectivity index (χ1n) is 8.20. The molecular formula is C19H21N5O. The van der Waals surface area contributed by atoms with Crippen LogP contribution in [0, 0.1) is 20.8 Å². The van der Waals surface area contributed by atoms with Crippen LogP contribution in [-0.4, -0.2) is 26.5 Å². The zero-order chi connectivity index (χ0) is 17.8. The van der Waals surface area contributed by atoms with Crippen molar-refractivity contribution in [3.05, 3.63) is 70.5 Å². The van der Waals surface area contributed by atoms with Crippen LogP contribution in [0.5, 0.6) is 0 Å². The van der Waals surface area contributed by atoms with Crippen molar-refractivity contribution in [1.82, 2.24) is 20.6 Å². The molecule has 0 saturated carbocycles. The van der Waals surface area contributed by atoms with E-state index in [1.807, 2.05) is 57.2 Å². The van der Waals surface area contributed by atoms with Crippen molar-refractivity contribution < 1.29 is 4.79 Å². The molecule has 6 heteroatoms. The second kappa shape index (κ2) is 7.25. The van der Waals surface area contributed by atoms with Gasteiger partial charge in [0, 0.05) is 5.69 Å². The zero-order valence-electron chi connectivity index (χ0n) is 14.6. The molecule has 1 atom stereocenters. The van der Waals surface area contributed by atoms with Crippen LogP contribution in [0.1, 0.15) is 34.0 Å². The summed E-state index contributed by atoms with van der Waals surface area (Å²) in [5.74, 6) is -0.264. The summed E-state index contributed by atoms with van der Waals surface area (Å²) >= 11 is 0. The Morgan fingerprint density at radius 2 is 1.92 bits per heavy atom. The number of nitrogens with one attached hydrogen (secondary N) is 2. The number of benzene rings is 2. The van der Waals surface area contributed by atoms with Gasteiger partial charge in [0.1, 0.15) is 5.92 Å². The summed E-state index contributed by atoms with van der Waals surface area (Å²) in [7, 11) is 0. The Morgan fingerprint density at radius 1 is 1.12 bits per heavy atom. The largest absolute Gasteiger partial charge is 0.325 e. The van der Waals surface area contributed by atoms with Gasteiger partial charge in [0.05, 0.1) is 0 Å². The minimum Gasteiger partial charge on any atom is -0.325 e. The fourth-order valence-corrected chi connectivity index (χ4v) is 2.87. The van der Waals surface area contributed by atoms with Crippen molar-refractivity contribution in [3.63, 3.8) is 0 Å². The number of hydrogen-bond donors (Lipinski definition) is 2. The molecule has 3 aromatic rings. The number of aryl methyl sites for hydroxylation is 3. The maximum Gasteiger partial charge on any atom is 0.235 e. The number of carbonyl (C=O) groups excluding carboxylic acids is 1. The summed E-state index contributed by atoms with van der Waals surface area (Å²) in [5, 5.41) is 17.1. The van der Waals surface area contributed by atoms with Crippen molar-refractivity contribution in [2.24, 2.45) is 0 Å². The first kappa shape index (κ1) is 16.8. The summed E-state index contributed by atoms with van der Waals surface area (Å²) in [6.45, 7) is 6.04. The van der Waals surface area contributed by atoms with Gasteiger partial charge in [-0.3, -0.25) is 4.79 Å². The summed E-state index contributed by atoms with van der Waals surface area (Å²) < 4.78 is 0. The summed E-state index contributed by atoms with van der Waals surface area (Å²) in [4.78, 5) is 12.9. The molecule has 6 nitrogen and oxygen atoms in total. The van der Waals surface area contributed by atoms with Gasteiger partial charge >= 0.3 is 0 Å². The number of hydrogen-bond acceptors (Lipinski definition) is 4. The van der Waals surface area contributed by atoms with Gasteiger partial charge in [0.25, 0.3) is 0 Å². The zero-order valence-corrected chi connectivity index (χ0v) is 14.6. The van der Waals surface area contributed by atoms with Crippen molar-refractivity contribution in [2.45, 2.75) is 33.1 Å². The van der Waals surface area contributed by atoms with E-state index in [0.717, 1.165) is 27.9 Å². The Bertz CT molecular complexity index is 873. The molecule has 128 valence electrons. The van der Waals surface area contributed by atoms with Gasteiger partial charge in [-0.1, -0.05) is 52.7 Å². The molecule has 0 fully saturated rings. The van der Waals surface area contributed by atoms with Crippen LogP contribution >= 0.6 is 0 Å². The predicted molar refractivity (Wildman–Crippen MR) is 96.3 cm³/mol. The van der Waals surface area contributed by atoms with E-state index in [1.165, 1.54) is 0 Å². The average molecular weight is 335 g/mol. The highest BCUT2D eigenvalue weighted by Gasteiger charge is 2.25. The summed E-state index contributed by atoms with van der Waals surface area (Å²) in [5.41, 5.74) is 5.19. The molecule has 1 aromatic heterocycles. The molecular weight excluding hydrogens is 314 g/mol. The molecule has 0 unspecified atom stereocenters. The van der Waals surface area contributed by atoms with E-state index in [9.17, 15) is 4.79 Å². The number of aromatic amines is 1. The Kier molecular flexibility index (Phi) is 4.88. The second-order valence-corrected chi connectivity index (χ2v) is 6.32. The van der Waals surface area contributed by atoms with Crippen LogP contribution in [0.3, 0.4) is 0 Å². The molecule has 0 radical (unpaired) electrons. The number of carbonyl (C=O) groups is 1. The van der Waals surface area contributed by atoms with Gasteiger partial charge in [-0.05, 0) is 44.4 Å². The van der Waals surface area contributed by atoms with Crippen LogP contribution < -0.4 is 5.32 Å². The first-order valence-corrected chi connectivity index (χ1v) is 8.20. The van der Waals surface area contributed by atoms with Crippen molar-refractivity contribution in [1.29, 1.82) is 0 Å². The number of aromatic nitrogens is 4. The number of tetrazole rings is 1. The molecule has 1 amide bonds. The van der Waals surface area contributed by atoms with Gasteiger partial charge in [0.2, 0.25) is 5.91 Å². The molecule has 0 bridgehead atoms. The minimum absolute atomic E-state index is 0.144. The number of amides is 1. The molecule has 0 aliphatic rings. The van der Waals surface area contributed by atoms with Crippen molar-refractivity contribution in [3.8, 4) is 0 Å². The first-order chi connectivity index (χ1) is 12.0. The number of rotatable bonds is 5. The quantitative estimate of drug-likeness (QED) is 0.750. The van der Waals surface area contributed by atoms with E-state index in [1.54, 1.807) is 0 Å². The van der Waals surface area contributed by atoms with Gasteiger partial charge in [-0.2, -0.15) is 5.21 Å². The third kappa shape index (κ3) is 4.09. The van der Waals surface area contributed by atoms with Gasteiger partial charge < -0.3 is 5.32 Å². The third-order valence-electron chi connectivity index (χ3n) is 4.15. The van der Waals surface area contributed by atoms with Gasteiger partial charge in [-0.15, -0.1) is 10.2 Å². The highest BCUT2D eigenvalue weighted by Crippen LogP contribution is 2.22. The molecule has 0 aliphatic heterocycles. The Labute approximate surface area is 146 Å². The lowest BCUT2D eigenvalue weighted by atomic mass is 9.96. The van der Waals surface area contributed by atoms with Crippen LogP contribution in [0.4, 0.5) is 5.69 Å². The standard InChI is InChI=1S/C19H21N5O/c1-12-5-4-6-15(10-12)11-16(18-21-23-24-22-18)19(25)20-17-8-7-13(2)9-14(17)3/h4-10,16H,11H2,1-3H3,(H,20,25)(H,21,22,23,24)/t16-/m1/s1. The van der Waals surface area contributed by atoms with Gasteiger partial charge in [0.15, 0.2) is 5.82 Å². The second-order valence-electron chi connectivity index (χ2n) is 6.32. The Balaban J connectivity index is 1.85. The van der Waals surface area contributed by atoms with E-state index < -0.39 is 5.92 Å². The van der Waals surface area contributed by atoms with E-state index in [0.29, 0.717) is 12.2 Å². The summed E-state index contributed by atoms with van der Waals surface area (Å²) in [6, 6.07) is 14.0.